The molecule has 1 amide bonds. The van der Waals surface area contributed by atoms with Gasteiger partial charge in [-0.3, -0.25) is 9.69 Å². The van der Waals surface area contributed by atoms with E-state index in [9.17, 15) is 14.7 Å². The van der Waals surface area contributed by atoms with Gasteiger partial charge in [0.2, 0.25) is 5.79 Å². The van der Waals surface area contributed by atoms with Crippen molar-refractivity contribution in [3.05, 3.63) is 58.7 Å². The first-order valence-corrected chi connectivity index (χ1v) is 11.5. The molecule has 7 nitrogen and oxygen atoms in total. The second-order valence-corrected chi connectivity index (χ2v) is 9.21. The third-order valence-electron chi connectivity index (χ3n) is 7.11. The van der Waals surface area contributed by atoms with Crippen molar-refractivity contribution in [1.82, 2.24) is 10.2 Å². The zero-order valence-electron chi connectivity index (χ0n) is 18.5. The number of nitrogens with zero attached hydrogens (tertiary/aromatic N) is 2. The summed E-state index contributed by atoms with van der Waals surface area (Å²) in [5, 5.41) is 16.2. The van der Waals surface area contributed by atoms with Gasteiger partial charge >= 0.3 is 5.97 Å². The van der Waals surface area contributed by atoms with Gasteiger partial charge in [0, 0.05) is 12.7 Å². The van der Waals surface area contributed by atoms with Gasteiger partial charge < -0.3 is 20.6 Å². The van der Waals surface area contributed by atoms with Crippen molar-refractivity contribution in [2.45, 2.75) is 44.3 Å². The number of carbonyl (C=O) groups is 2. The fourth-order valence-corrected chi connectivity index (χ4v) is 5.27. The van der Waals surface area contributed by atoms with Crippen molar-refractivity contribution < 1.29 is 14.7 Å². The minimum absolute atomic E-state index is 0.0699. The van der Waals surface area contributed by atoms with Crippen LogP contribution in [-0.2, 0) is 12.8 Å². The highest BCUT2D eigenvalue weighted by Gasteiger charge is 2.43. The molecule has 1 aliphatic carbocycles. The Hall–Kier alpha value is -3.06. The molecular formula is C25H30N4O3. The molecule has 2 heterocycles. The number of piperidine rings is 1. The van der Waals surface area contributed by atoms with Gasteiger partial charge in [-0.25, -0.2) is 4.79 Å². The minimum Gasteiger partial charge on any atom is -0.478 e. The van der Waals surface area contributed by atoms with Gasteiger partial charge in [0.1, 0.15) is 0 Å². The molecule has 32 heavy (non-hydrogen) atoms. The van der Waals surface area contributed by atoms with Crippen molar-refractivity contribution in [3.63, 3.8) is 0 Å². The van der Waals surface area contributed by atoms with Crippen LogP contribution >= 0.6 is 0 Å². The number of carboxylic acids is 1. The Morgan fingerprint density at radius 1 is 1.03 bits per heavy atom. The number of hydrogen-bond donors (Lipinski definition) is 3. The Bertz CT molecular complexity index is 1050. The number of likely N-dealkylation sites (N-methyl/N-ethyl adjacent to an activating group) is 1. The third-order valence-corrected chi connectivity index (χ3v) is 7.11. The third kappa shape index (κ3) is 3.71. The summed E-state index contributed by atoms with van der Waals surface area (Å²) in [6.07, 6.45) is 6.78. The first-order chi connectivity index (χ1) is 15.4. The fraction of sp³-hybridized carbons (Fsp3) is 0.440. The lowest BCUT2D eigenvalue weighted by Gasteiger charge is -2.49. The molecule has 7 heteroatoms. The fourth-order valence-electron chi connectivity index (χ4n) is 5.27. The lowest BCUT2D eigenvalue weighted by molar-refractivity contribution is 0.0696. The van der Waals surface area contributed by atoms with Crippen molar-refractivity contribution >= 4 is 23.3 Å². The molecule has 2 aliphatic heterocycles. The van der Waals surface area contributed by atoms with E-state index in [0.29, 0.717) is 12.1 Å². The van der Waals surface area contributed by atoms with Crippen LogP contribution in [0.15, 0.2) is 36.4 Å². The summed E-state index contributed by atoms with van der Waals surface area (Å²) in [6, 6.07) is 11.0. The highest BCUT2D eigenvalue weighted by atomic mass is 16.4. The van der Waals surface area contributed by atoms with Gasteiger partial charge in [0.05, 0.1) is 23.4 Å². The molecule has 0 spiro atoms. The molecule has 1 fully saturated rings. The molecule has 1 saturated heterocycles. The Balaban J connectivity index is 1.53. The summed E-state index contributed by atoms with van der Waals surface area (Å²) >= 11 is 0. The molecule has 2 aromatic rings. The molecule has 0 radical (unpaired) electrons. The van der Waals surface area contributed by atoms with Crippen molar-refractivity contribution in [2.24, 2.45) is 0 Å². The average molecular weight is 435 g/mol. The van der Waals surface area contributed by atoms with Crippen LogP contribution < -0.4 is 15.5 Å². The number of hydrogen-bond acceptors (Lipinski definition) is 5. The van der Waals surface area contributed by atoms with E-state index in [1.54, 1.807) is 24.3 Å². The summed E-state index contributed by atoms with van der Waals surface area (Å²) in [4.78, 5) is 29.1. The summed E-state index contributed by atoms with van der Waals surface area (Å²) in [6.45, 7) is 2.64. The van der Waals surface area contributed by atoms with Crippen LogP contribution in [0.4, 0.5) is 11.4 Å². The van der Waals surface area contributed by atoms with E-state index >= 15 is 0 Å². The zero-order chi connectivity index (χ0) is 22.3. The minimum atomic E-state index is -0.950. The predicted octanol–water partition coefficient (Wildman–Crippen LogP) is 3.30. The molecule has 5 rings (SSSR count). The Morgan fingerprint density at radius 2 is 1.72 bits per heavy atom. The number of carboxylic acid groups (broad SMARTS) is 1. The van der Waals surface area contributed by atoms with E-state index < -0.39 is 11.8 Å². The van der Waals surface area contributed by atoms with Gasteiger partial charge in [-0.15, -0.1) is 0 Å². The molecule has 2 aromatic carbocycles. The molecule has 168 valence electrons. The molecule has 0 aromatic heterocycles. The van der Waals surface area contributed by atoms with Crippen LogP contribution in [-0.4, -0.2) is 54.4 Å². The number of anilines is 2. The van der Waals surface area contributed by atoms with Crippen LogP contribution in [0.1, 0.15) is 57.5 Å². The maximum atomic E-state index is 13.3. The number of aromatic carboxylic acids is 1. The van der Waals surface area contributed by atoms with E-state index in [0.717, 1.165) is 56.6 Å². The van der Waals surface area contributed by atoms with Crippen molar-refractivity contribution in [1.29, 1.82) is 0 Å². The van der Waals surface area contributed by atoms with Gasteiger partial charge in [0.25, 0.3) is 5.91 Å². The summed E-state index contributed by atoms with van der Waals surface area (Å²) in [7, 11) is 1.95. The van der Waals surface area contributed by atoms with Gasteiger partial charge in [0.15, 0.2) is 0 Å². The topological polar surface area (TPSA) is 84.9 Å². The number of carbonyl (C=O) groups excluding carboxylic acids is 1. The normalized spacial score (nSPS) is 22.5. The first kappa shape index (κ1) is 20.8. The lowest BCUT2D eigenvalue weighted by Crippen LogP contribution is -2.71. The van der Waals surface area contributed by atoms with E-state index in [1.807, 2.05) is 18.0 Å². The van der Waals surface area contributed by atoms with Crippen molar-refractivity contribution in [3.8, 4) is 0 Å². The van der Waals surface area contributed by atoms with E-state index in [4.69, 9.17) is 0 Å². The molecule has 0 bridgehead atoms. The zero-order valence-corrected chi connectivity index (χ0v) is 18.5. The molecule has 0 saturated carbocycles. The Morgan fingerprint density at radius 3 is 2.41 bits per heavy atom. The SMILES string of the molecule is CN(c1ccc(C(=O)O)cc1)C1(CN2CCCCC2)NC(=O)c2cc3c(cc2N1)CCC3. The second kappa shape index (κ2) is 8.13. The van der Waals surface area contributed by atoms with Crippen LogP contribution in [0.5, 0.6) is 0 Å². The van der Waals surface area contributed by atoms with Crippen LogP contribution in [0, 0.1) is 0 Å². The molecule has 1 atom stereocenters. The lowest BCUT2D eigenvalue weighted by atomic mass is 9.99. The van der Waals surface area contributed by atoms with Crippen LogP contribution in [0.2, 0.25) is 0 Å². The molecule has 3 N–H and O–H groups in total. The summed E-state index contributed by atoms with van der Waals surface area (Å²) in [5.41, 5.74) is 5.27. The maximum absolute atomic E-state index is 13.3. The number of amides is 1. The molecule has 1 unspecified atom stereocenters. The Labute approximate surface area is 188 Å². The average Bonchev–Trinajstić information content (AvgIpc) is 3.25. The first-order valence-electron chi connectivity index (χ1n) is 11.5. The molecular weight excluding hydrogens is 404 g/mol. The highest BCUT2D eigenvalue weighted by Crippen LogP contribution is 2.35. The second-order valence-electron chi connectivity index (χ2n) is 9.21. The van der Waals surface area contributed by atoms with Crippen LogP contribution in [0.25, 0.3) is 0 Å². The van der Waals surface area contributed by atoms with Gasteiger partial charge in [-0.2, -0.15) is 0 Å². The maximum Gasteiger partial charge on any atom is 0.335 e. The monoisotopic (exact) mass is 434 g/mol. The largest absolute Gasteiger partial charge is 0.478 e. The summed E-state index contributed by atoms with van der Waals surface area (Å²) < 4.78 is 0. The quantitative estimate of drug-likeness (QED) is 0.670. The highest BCUT2D eigenvalue weighted by molar-refractivity contribution is 6.03. The van der Waals surface area contributed by atoms with Gasteiger partial charge in [-0.1, -0.05) is 6.42 Å². The standard InChI is InChI=1S/C25H30N4O3/c1-28(20-10-8-17(9-11-20)24(31)32)25(16-29-12-3-2-4-13-29)26-22-15-19-7-5-6-18(19)14-21(22)23(30)27-25/h8-11,14-15,26H,2-7,12-13,16H2,1H3,(H,27,30)(H,31,32). The van der Waals surface area contributed by atoms with E-state index in [-0.39, 0.29) is 11.5 Å². The number of benzene rings is 2. The van der Waals surface area contributed by atoms with Crippen LogP contribution in [0.3, 0.4) is 0 Å². The van der Waals surface area contributed by atoms with Gasteiger partial charge in [-0.05, 0) is 92.7 Å². The summed E-state index contributed by atoms with van der Waals surface area (Å²) in [5.74, 6) is -1.85. The Kier molecular flexibility index (Phi) is 5.29. The van der Waals surface area contributed by atoms with Crippen molar-refractivity contribution in [2.75, 3.05) is 36.9 Å². The number of rotatable bonds is 5. The number of fused-ring (bicyclic) bond motifs is 2. The predicted molar refractivity (Wildman–Crippen MR) is 124 cm³/mol. The number of aryl methyl sites for hydroxylation is 2. The smallest absolute Gasteiger partial charge is 0.335 e. The molecule has 3 aliphatic rings. The number of nitrogens with one attached hydrogen (secondary N) is 2. The van der Waals surface area contributed by atoms with E-state index in [2.05, 4.69) is 21.6 Å². The number of likely N-dealkylation sites (tertiary alicyclic amines) is 1. The van der Waals surface area contributed by atoms with E-state index in [1.165, 1.54) is 17.5 Å².